The average molecular weight is 304 g/mol. The van der Waals surface area contributed by atoms with Crippen LogP contribution in [0.5, 0.6) is 0 Å². The van der Waals surface area contributed by atoms with Crippen LogP contribution in [0.2, 0.25) is 0 Å². The minimum absolute atomic E-state index is 0.00798. The van der Waals surface area contributed by atoms with Crippen molar-refractivity contribution in [2.45, 2.75) is 26.3 Å². The maximum atomic E-state index is 14.1. The van der Waals surface area contributed by atoms with Crippen molar-refractivity contribution in [2.75, 3.05) is 13.6 Å². The Hall–Kier alpha value is -2.08. The van der Waals surface area contributed by atoms with Crippen LogP contribution in [0.4, 0.5) is 4.39 Å². The molecule has 0 radical (unpaired) electrons. The van der Waals surface area contributed by atoms with E-state index in [1.807, 2.05) is 13.8 Å². The van der Waals surface area contributed by atoms with E-state index in [-0.39, 0.29) is 17.5 Å². The smallest absolute Gasteiger partial charge is 0.256 e. The first kappa shape index (κ1) is 16.3. The van der Waals surface area contributed by atoms with Crippen molar-refractivity contribution < 1.29 is 9.18 Å². The molecule has 0 fully saturated rings. The summed E-state index contributed by atoms with van der Waals surface area (Å²) in [4.78, 5) is 22.0. The van der Waals surface area contributed by atoms with Crippen LogP contribution >= 0.6 is 0 Å². The number of amides is 1. The lowest BCUT2D eigenvalue weighted by molar-refractivity contribution is 0.0784. The van der Waals surface area contributed by atoms with E-state index >= 15 is 0 Å². The number of benzene rings is 1. The molecule has 0 bridgehead atoms. The van der Waals surface area contributed by atoms with Crippen molar-refractivity contribution in [3.8, 4) is 0 Å². The summed E-state index contributed by atoms with van der Waals surface area (Å²) in [5, 5.41) is 0. The zero-order chi connectivity index (χ0) is 16.3. The summed E-state index contributed by atoms with van der Waals surface area (Å²) in [5.41, 5.74) is 6.92. The van der Waals surface area contributed by atoms with Crippen molar-refractivity contribution in [2.24, 2.45) is 11.7 Å². The van der Waals surface area contributed by atoms with E-state index in [9.17, 15) is 9.18 Å². The molecule has 6 heteroatoms. The summed E-state index contributed by atoms with van der Waals surface area (Å²) in [6, 6.07) is 2.70. The van der Waals surface area contributed by atoms with Crippen molar-refractivity contribution in [1.29, 1.82) is 0 Å². The molecule has 1 heterocycles. The highest BCUT2D eigenvalue weighted by Crippen LogP contribution is 2.17. The summed E-state index contributed by atoms with van der Waals surface area (Å²) in [6.07, 6.45) is 3.68. The number of hydrogen-bond acceptors (Lipinski definition) is 4. The van der Waals surface area contributed by atoms with Gasteiger partial charge >= 0.3 is 0 Å². The molecular formula is C16H21FN4O. The third-order valence-electron chi connectivity index (χ3n) is 3.79. The Morgan fingerprint density at radius 3 is 2.45 bits per heavy atom. The molecule has 1 aromatic heterocycles. The Labute approximate surface area is 129 Å². The number of carbonyl (C=O) groups excluding carboxylic acids is 1. The van der Waals surface area contributed by atoms with Gasteiger partial charge in [-0.1, -0.05) is 13.8 Å². The van der Waals surface area contributed by atoms with E-state index in [1.165, 1.54) is 29.4 Å². The van der Waals surface area contributed by atoms with Gasteiger partial charge in [0.1, 0.15) is 5.82 Å². The summed E-state index contributed by atoms with van der Waals surface area (Å²) in [7, 11) is 1.65. The highest BCUT2D eigenvalue weighted by Gasteiger charge is 2.19. The zero-order valence-electron chi connectivity index (χ0n) is 13.1. The Morgan fingerprint density at radius 2 is 1.86 bits per heavy atom. The molecule has 1 amide bonds. The molecule has 0 saturated heterocycles. The topological polar surface area (TPSA) is 72.1 Å². The Kier molecular flexibility index (Phi) is 5.03. The van der Waals surface area contributed by atoms with E-state index in [1.54, 1.807) is 7.05 Å². The van der Waals surface area contributed by atoms with Crippen LogP contribution in [0.1, 0.15) is 30.6 Å². The summed E-state index contributed by atoms with van der Waals surface area (Å²) < 4.78 is 14.1. The van der Waals surface area contributed by atoms with Crippen LogP contribution in [-0.2, 0) is 0 Å². The molecule has 5 nitrogen and oxygen atoms in total. The third-order valence-corrected chi connectivity index (χ3v) is 3.79. The van der Waals surface area contributed by atoms with Gasteiger partial charge in [-0.3, -0.25) is 14.8 Å². The monoisotopic (exact) mass is 304 g/mol. The molecule has 0 aliphatic carbocycles. The van der Waals surface area contributed by atoms with E-state index in [0.29, 0.717) is 29.9 Å². The maximum absolute atomic E-state index is 14.1. The van der Waals surface area contributed by atoms with E-state index in [4.69, 9.17) is 5.73 Å². The predicted molar refractivity (Wildman–Crippen MR) is 83.9 cm³/mol. The lowest BCUT2D eigenvalue weighted by Crippen LogP contribution is -2.35. The zero-order valence-corrected chi connectivity index (χ0v) is 13.1. The van der Waals surface area contributed by atoms with Crippen LogP contribution in [0, 0.1) is 11.7 Å². The normalized spacial score (nSPS) is 12.6. The fourth-order valence-corrected chi connectivity index (χ4v) is 2.13. The first-order valence-corrected chi connectivity index (χ1v) is 7.31. The minimum Gasteiger partial charge on any atom is -0.342 e. The molecule has 22 heavy (non-hydrogen) atoms. The van der Waals surface area contributed by atoms with Gasteiger partial charge in [0.25, 0.3) is 5.91 Å². The van der Waals surface area contributed by atoms with E-state index < -0.39 is 5.82 Å². The van der Waals surface area contributed by atoms with Gasteiger partial charge in [0.2, 0.25) is 0 Å². The van der Waals surface area contributed by atoms with Gasteiger partial charge in [-0.15, -0.1) is 0 Å². The molecule has 2 N–H and O–H groups in total. The van der Waals surface area contributed by atoms with Crippen LogP contribution < -0.4 is 5.73 Å². The molecule has 1 aromatic carbocycles. The molecule has 118 valence electrons. The van der Waals surface area contributed by atoms with Crippen molar-refractivity contribution in [1.82, 2.24) is 14.9 Å². The van der Waals surface area contributed by atoms with Crippen LogP contribution in [0.25, 0.3) is 11.0 Å². The number of aromatic nitrogens is 2. The van der Waals surface area contributed by atoms with E-state index in [2.05, 4.69) is 9.97 Å². The number of nitrogens with two attached hydrogens (primary N) is 1. The van der Waals surface area contributed by atoms with E-state index in [0.717, 1.165) is 0 Å². The highest BCUT2D eigenvalue weighted by atomic mass is 19.1. The van der Waals surface area contributed by atoms with Gasteiger partial charge in [-0.25, -0.2) is 4.39 Å². The SMILES string of the molecule is CC(C)C(N)CCN(C)C(=O)c1cc2nccnc2cc1F. The molecular weight excluding hydrogens is 283 g/mol. The lowest BCUT2D eigenvalue weighted by atomic mass is 10.0. The van der Waals surface area contributed by atoms with Crippen LogP contribution in [0.3, 0.4) is 0 Å². The van der Waals surface area contributed by atoms with Gasteiger partial charge in [-0.05, 0) is 18.4 Å². The van der Waals surface area contributed by atoms with Crippen molar-refractivity contribution >= 4 is 16.9 Å². The van der Waals surface area contributed by atoms with Crippen molar-refractivity contribution in [3.05, 3.63) is 35.9 Å². The number of hydrogen-bond donors (Lipinski definition) is 1. The molecule has 1 unspecified atom stereocenters. The number of nitrogens with zero attached hydrogens (tertiary/aromatic N) is 3. The van der Waals surface area contributed by atoms with Crippen molar-refractivity contribution in [3.63, 3.8) is 0 Å². The first-order valence-electron chi connectivity index (χ1n) is 7.31. The van der Waals surface area contributed by atoms with Crippen LogP contribution in [0.15, 0.2) is 24.5 Å². The predicted octanol–water partition coefficient (Wildman–Crippen LogP) is 2.21. The van der Waals surface area contributed by atoms with Gasteiger partial charge in [0.15, 0.2) is 0 Å². The maximum Gasteiger partial charge on any atom is 0.256 e. The summed E-state index contributed by atoms with van der Waals surface area (Å²) >= 11 is 0. The Morgan fingerprint density at radius 1 is 1.27 bits per heavy atom. The molecule has 0 saturated carbocycles. The van der Waals surface area contributed by atoms with Gasteiger partial charge in [0.05, 0.1) is 16.6 Å². The van der Waals surface area contributed by atoms with Gasteiger partial charge in [-0.2, -0.15) is 0 Å². The van der Waals surface area contributed by atoms with Gasteiger partial charge < -0.3 is 10.6 Å². The second-order valence-corrected chi connectivity index (χ2v) is 5.80. The Bertz CT molecular complexity index is 674. The van der Waals surface area contributed by atoms with Gasteiger partial charge in [0, 0.05) is 38.1 Å². The second kappa shape index (κ2) is 6.79. The minimum atomic E-state index is -0.585. The number of carbonyl (C=O) groups is 1. The molecule has 0 aliphatic heterocycles. The molecule has 2 rings (SSSR count). The summed E-state index contributed by atoms with van der Waals surface area (Å²) in [5.74, 6) is -0.616. The molecule has 2 aromatic rings. The molecule has 0 spiro atoms. The molecule has 1 atom stereocenters. The standard InChI is InChI=1S/C16H21FN4O/c1-10(2)13(18)4-7-21(3)16(22)11-8-14-15(9-12(11)17)20-6-5-19-14/h5-6,8-10,13H,4,7,18H2,1-3H3. The highest BCUT2D eigenvalue weighted by molar-refractivity contribution is 5.97. The Balaban J connectivity index is 2.16. The van der Waals surface area contributed by atoms with Crippen LogP contribution in [-0.4, -0.2) is 40.4 Å². The fraction of sp³-hybridized carbons (Fsp3) is 0.438. The largest absolute Gasteiger partial charge is 0.342 e. The lowest BCUT2D eigenvalue weighted by Gasteiger charge is -2.21. The first-order chi connectivity index (χ1) is 10.4. The number of rotatable bonds is 5. The second-order valence-electron chi connectivity index (χ2n) is 5.80. The fourth-order valence-electron chi connectivity index (χ4n) is 2.13. The quantitative estimate of drug-likeness (QED) is 0.919. The number of halogens is 1. The number of fused-ring (bicyclic) bond motifs is 1. The summed E-state index contributed by atoms with van der Waals surface area (Å²) in [6.45, 7) is 4.55. The molecule has 0 aliphatic rings. The third kappa shape index (κ3) is 3.57. The average Bonchev–Trinajstić information content (AvgIpc) is 2.50.